The second kappa shape index (κ2) is 7.79. The Hall–Kier alpha value is -2.33. The number of carboxylic acids is 1. The maximum Gasteiger partial charge on any atom is 0.303 e. The molecule has 0 saturated heterocycles. The van der Waals surface area contributed by atoms with Gasteiger partial charge in [-0.25, -0.2) is 0 Å². The van der Waals surface area contributed by atoms with Gasteiger partial charge >= 0.3 is 5.97 Å². The van der Waals surface area contributed by atoms with E-state index in [0.29, 0.717) is 5.02 Å². The summed E-state index contributed by atoms with van der Waals surface area (Å²) in [5, 5.41) is 9.70. The summed E-state index contributed by atoms with van der Waals surface area (Å²) in [5.74, 6) is -1.40. The van der Waals surface area contributed by atoms with Crippen LogP contribution in [0.5, 0.6) is 0 Å². The van der Waals surface area contributed by atoms with Crippen molar-refractivity contribution in [3.63, 3.8) is 0 Å². The van der Waals surface area contributed by atoms with Gasteiger partial charge in [0.2, 0.25) is 5.91 Å². The van der Waals surface area contributed by atoms with Gasteiger partial charge in [-0.2, -0.15) is 0 Å². The standard InChI is InChI=1S/C18H18ClNO3/c1-20(16-9-7-15(19)8-10-16)17(21)11-14(12-18(22)23)13-5-3-2-4-6-13/h2-10,14H,11-12H2,1H3,(H,22,23). The molecule has 0 aliphatic carbocycles. The minimum Gasteiger partial charge on any atom is -0.481 e. The molecule has 0 radical (unpaired) electrons. The van der Waals surface area contributed by atoms with Gasteiger partial charge in [-0.15, -0.1) is 0 Å². The van der Waals surface area contributed by atoms with E-state index in [4.69, 9.17) is 16.7 Å². The van der Waals surface area contributed by atoms with Crippen molar-refractivity contribution in [2.24, 2.45) is 0 Å². The fourth-order valence-electron chi connectivity index (χ4n) is 2.40. The largest absolute Gasteiger partial charge is 0.481 e. The normalized spacial score (nSPS) is 11.7. The van der Waals surface area contributed by atoms with Gasteiger partial charge in [0.1, 0.15) is 0 Å². The molecule has 0 heterocycles. The lowest BCUT2D eigenvalue weighted by Gasteiger charge is -2.21. The molecule has 2 rings (SSSR count). The number of rotatable bonds is 6. The highest BCUT2D eigenvalue weighted by Gasteiger charge is 2.21. The van der Waals surface area contributed by atoms with E-state index < -0.39 is 5.97 Å². The number of aliphatic carboxylic acids is 1. The van der Waals surface area contributed by atoms with Gasteiger partial charge in [0, 0.05) is 30.1 Å². The molecule has 1 N–H and O–H groups in total. The monoisotopic (exact) mass is 331 g/mol. The number of hydrogen-bond donors (Lipinski definition) is 1. The molecular weight excluding hydrogens is 314 g/mol. The maximum absolute atomic E-state index is 12.5. The summed E-state index contributed by atoms with van der Waals surface area (Å²) in [6.45, 7) is 0. The topological polar surface area (TPSA) is 57.6 Å². The minimum absolute atomic E-state index is 0.0792. The van der Waals surface area contributed by atoms with Gasteiger partial charge in [0.25, 0.3) is 0 Å². The van der Waals surface area contributed by atoms with Gasteiger partial charge in [-0.1, -0.05) is 41.9 Å². The average Bonchev–Trinajstić information content (AvgIpc) is 2.54. The highest BCUT2D eigenvalue weighted by molar-refractivity contribution is 6.30. The Morgan fingerprint density at radius 1 is 1.04 bits per heavy atom. The first kappa shape index (κ1) is 17.0. The molecule has 4 nitrogen and oxygen atoms in total. The smallest absolute Gasteiger partial charge is 0.303 e. The quantitative estimate of drug-likeness (QED) is 0.871. The molecule has 0 aliphatic heterocycles. The first-order valence-electron chi connectivity index (χ1n) is 7.26. The van der Waals surface area contributed by atoms with E-state index >= 15 is 0 Å². The third-order valence-electron chi connectivity index (χ3n) is 3.70. The summed E-state index contributed by atoms with van der Waals surface area (Å²) in [6, 6.07) is 16.2. The third kappa shape index (κ3) is 4.83. The Morgan fingerprint density at radius 3 is 2.22 bits per heavy atom. The van der Waals surface area contributed by atoms with E-state index in [-0.39, 0.29) is 24.7 Å². The van der Waals surface area contributed by atoms with Gasteiger partial charge in [-0.05, 0) is 29.8 Å². The average molecular weight is 332 g/mol. The van der Waals surface area contributed by atoms with Crippen LogP contribution in [0.3, 0.4) is 0 Å². The van der Waals surface area contributed by atoms with E-state index in [2.05, 4.69) is 0 Å². The molecule has 0 saturated carbocycles. The molecule has 23 heavy (non-hydrogen) atoms. The molecule has 2 aromatic carbocycles. The summed E-state index contributed by atoms with van der Waals surface area (Å²) in [6.07, 6.45) is 0.0552. The number of halogens is 1. The molecule has 1 unspecified atom stereocenters. The number of carboxylic acid groups (broad SMARTS) is 1. The van der Waals surface area contributed by atoms with Gasteiger partial charge < -0.3 is 10.0 Å². The molecule has 0 aliphatic rings. The molecular formula is C18H18ClNO3. The van der Waals surface area contributed by atoms with E-state index in [1.165, 1.54) is 4.90 Å². The summed E-state index contributed by atoms with van der Waals surface area (Å²) in [5.41, 5.74) is 1.58. The van der Waals surface area contributed by atoms with Crippen molar-refractivity contribution in [3.05, 3.63) is 65.2 Å². The number of carbonyl (C=O) groups excluding carboxylic acids is 1. The second-order valence-electron chi connectivity index (χ2n) is 5.34. The minimum atomic E-state index is -0.916. The van der Waals surface area contributed by atoms with E-state index in [1.54, 1.807) is 31.3 Å². The van der Waals surface area contributed by atoms with Gasteiger partial charge in [0.15, 0.2) is 0 Å². The van der Waals surface area contributed by atoms with E-state index in [0.717, 1.165) is 11.3 Å². The van der Waals surface area contributed by atoms with Crippen molar-refractivity contribution in [1.82, 2.24) is 0 Å². The number of nitrogens with zero attached hydrogens (tertiary/aromatic N) is 1. The van der Waals surface area contributed by atoms with Gasteiger partial charge in [0.05, 0.1) is 6.42 Å². The van der Waals surface area contributed by atoms with Crippen LogP contribution in [0.25, 0.3) is 0 Å². The number of amides is 1. The number of hydrogen-bond acceptors (Lipinski definition) is 2. The highest BCUT2D eigenvalue weighted by atomic mass is 35.5. The van der Waals surface area contributed by atoms with Crippen LogP contribution in [0, 0.1) is 0 Å². The number of benzene rings is 2. The fraction of sp³-hybridized carbons (Fsp3) is 0.222. The Kier molecular flexibility index (Phi) is 5.77. The molecule has 2 aromatic rings. The zero-order valence-corrected chi connectivity index (χ0v) is 13.5. The SMILES string of the molecule is CN(C(=O)CC(CC(=O)O)c1ccccc1)c1ccc(Cl)cc1. The van der Waals surface area contributed by atoms with Crippen LogP contribution in [-0.4, -0.2) is 24.0 Å². The van der Waals surface area contributed by atoms with Crippen LogP contribution < -0.4 is 4.90 Å². The lowest BCUT2D eigenvalue weighted by molar-refractivity contribution is -0.137. The van der Waals surface area contributed by atoms with Crippen LogP contribution in [0.15, 0.2) is 54.6 Å². The molecule has 0 spiro atoms. The van der Waals surface area contributed by atoms with E-state index in [9.17, 15) is 9.59 Å². The third-order valence-corrected chi connectivity index (χ3v) is 3.95. The van der Waals surface area contributed by atoms with Crippen LogP contribution in [-0.2, 0) is 9.59 Å². The fourth-order valence-corrected chi connectivity index (χ4v) is 2.53. The summed E-state index contributed by atoms with van der Waals surface area (Å²) in [7, 11) is 1.67. The molecule has 1 amide bonds. The van der Waals surface area contributed by atoms with Gasteiger partial charge in [-0.3, -0.25) is 9.59 Å². The van der Waals surface area contributed by atoms with Crippen molar-refractivity contribution in [3.8, 4) is 0 Å². The zero-order valence-electron chi connectivity index (χ0n) is 12.8. The Balaban J connectivity index is 2.13. The predicted molar refractivity (Wildman–Crippen MR) is 90.9 cm³/mol. The Bertz CT molecular complexity index is 670. The van der Waals surface area contributed by atoms with Crippen molar-refractivity contribution in [2.75, 3.05) is 11.9 Å². The summed E-state index contributed by atoms with van der Waals surface area (Å²) >= 11 is 5.85. The van der Waals surface area contributed by atoms with Crippen molar-refractivity contribution in [2.45, 2.75) is 18.8 Å². The van der Waals surface area contributed by atoms with Crippen LogP contribution in [0.1, 0.15) is 24.3 Å². The molecule has 0 fully saturated rings. The molecule has 120 valence electrons. The maximum atomic E-state index is 12.5. The summed E-state index contributed by atoms with van der Waals surface area (Å²) < 4.78 is 0. The van der Waals surface area contributed by atoms with E-state index in [1.807, 2.05) is 30.3 Å². The van der Waals surface area contributed by atoms with Crippen molar-refractivity contribution < 1.29 is 14.7 Å². The second-order valence-corrected chi connectivity index (χ2v) is 5.78. The first-order valence-corrected chi connectivity index (χ1v) is 7.64. The number of carbonyl (C=O) groups is 2. The molecule has 5 heteroatoms. The first-order chi connectivity index (χ1) is 11.0. The van der Waals surface area contributed by atoms with Crippen LogP contribution >= 0.6 is 11.6 Å². The predicted octanol–water partition coefficient (Wildman–Crippen LogP) is 3.95. The number of anilines is 1. The summed E-state index contributed by atoms with van der Waals surface area (Å²) in [4.78, 5) is 25.1. The lowest BCUT2D eigenvalue weighted by atomic mass is 9.92. The lowest BCUT2D eigenvalue weighted by Crippen LogP contribution is -2.28. The molecule has 0 aromatic heterocycles. The molecule has 0 bridgehead atoms. The Morgan fingerprint density at radius 2 is 1.65 bits per heavy atom. The van der Waals surface area contributed by atoms with Crippen molar-refractivity contribution in [1.29, 1.82) is 0 Å². The Labute approximate surface area is 140 Å². The highest BCUT2D eigenvalue weighted by Crippen LogP contribution is 2.26. The zero-order chi connectivity index (χ0) is 16.8. The van der Waals surface area contributed by atoms with Crippen LogP contribution in [0.2, 0.25) is 5.02 Å². The van der Waals surface area contributed by atoms with Crippen LogP contribution in [0.4, 0.5) is 5.69 Å². The molecule has 1 atom stereocenters. The van der Waals surface area contributed by atoms with Crippen molar-refractivity contribution >= 4 is 29.2 Å².